The van der Waals surface area contributed by atoms with Crippen LogP contribution in [0.25, 0.3) is 0 Å². The molecule has 1 aliphatic rings. The average Bonchev–Trinajstić information content (AvgIpc) is 2.59. The second-order valence-corrected chi connectivity index (χ2v) is 3.63. The van der Waals surface area contributed by atoms with Gasteiger partial charge >= 0.3 is 0 Å². The van der Waals surface area contributed by atoms with E-state index < -0.39 is 4.92 Å². The highest BCUT2D eigenvalue weighted by Crippen LogP contribution is 2.34. The van der Waals surface area contributed by atoms with E-state index in [0.29, 0.717) is 12.8 Å². The summed E-state index contributed by atoms with van der Waals surface area (Å²) >= 11 is 0. The molecule has 1 aromatic carbocycles. The van der Waals surface area contributed by atoms with E-state index >= 15 is 0 Å². The minimum atomic E-state index is -0.433. The molecule has 0 fully saturated rings. The molecule has 2 N–H and O–H groups in total. The van der Waals surface area contributed by atoms with E-state index in [-0.39, 0.29) is 17.5 Å². The Kier molecular flexibility index (Phi) is 2.15. The molecule has 78 valence electrons. The third-order valence-electron chi connectivity index (χ3n) is 2.76. The first kappa shape index (κ1) is 9.64. The standard InChI is InChI=1S/C10H10N2O3/c11-10(13)9-3-1-6-5-7(12(14)15)2-4-8(6)9/h2,4-5,9H,1,3H2,(H2,11,13). The van der Waals surface area contributed by atoms with Crippen LogP contribution >= 0.6 is 0 Å². The number of nitrogens with two attached hydrogens (primary N) is 1. The van der Waals surface area contributed by atoms with Crippen LogP contribution in [0.4, 0.5) is 5.69 Å². The van der Waals surface area contributed by atoms with Crippen molar-refractivity contribution in [3.8, 4) is 0 Å². The molecule has 0 radical (unpaired) electrons. The molecule has 1 aliphatic carbocycles. The third-order valence-corrected chi connectivity index (χ3v) is 2.76. The Balaban J connectivity index is 2.42. The maximum atomic E-state index is 11.1. The fraction of sp³-hybridized carbons (Fsp3) is 0.300. The minimum Gasteiger partial charge on any atom is -0.369 e. The van der Waals surface area contributed by atoms with Crippen LogP contribution in [0.15, 0.2) is 18.2 Å². The number of non-ortho nitro benzene ring substituents is 1. The van der Waals surface area contributed by atoms with E-state index in [1.54, 1.807) is 6.07 Å². The van der Waals surface area contributed by atoms with Gasteiger partial charge in [0.2, 0.25) is 5.91 Å². The summed E-state index contributed by atoms with van der Waals surface area (Å²) < 4.78 is 0. The van der Waals surface area contributed by atoms with Gasteiger partial charge in [0.1, 0.15) is 0 Å². The number of nitro benzene ring substituents is 1. The van der Waals surface area contributed by atoms with Gasteiger partial charge in [0.05, 0.1) is 10.8 Å². The number of rotatable bonds is 2. The molecule has 1 unspecified atom stereocenters. The number of carbonyl (C=O) groups excluding carboxylic acids is 1. The number of nitro groups is 1. The first-order valence-corrected chi connectivity index (χ1v) is 4.66. The van der Waals surface area contributed by atoms with Crippen molar-refractivity contribution in [2.45, 2.75) is 18.8 Å². The van der Waals surface area contributed by atoms with Gasteiger partial charge in [-0.2, -0.15) is 0 Å². The first-order valence-electron chi connectivity index (χ1n) is 4.66. The minimum absolute atomic E-state index is 0.0684. The number of fused-ring (bicyclic) bond motifs is 1. The van der Waals surface area contributed by atoms with Gasteiger partial charge in [-0.3, -0.25) is 14.9 Å². The van der Waals surface area contributed by atoms with Crippen LogP contribution in [-0.4, -0.2) is 10.8 Å². The molecule has 15 heavy (non-hydrogen) atoms. The third kappa shape index (κ3) is 1.56. The van der Waals surface area contributed by atoms with Gasteiger partial charge < -0.3 is 5.73 Å². The Bertz CT molecular complexity index is 442. The zero-order chi connectivity index (χ0) is 11.0. The summed E-state index contributed by atoms with van der Waals surface area (Å²) in [7, 11) is 0. The van der Waals surface area contributed by atoms with Gasteiger partial charge in [0.15, 0.2) is 0 Å². The van der Waals surface area contributed by atoms with E-state index in [4.69, 9.17) is 5.73 Å². The van der Waals surface area contributed by atoms with Crippen LogP contribution in [0.5, 0.6) is 0 Å². The van der Waals surface area contributed by atoms with E-state index in [1.807, 2.05) is 0 Å². The SMILES string of the molecule is NC(=O)C1CCc2cc([N+](=O)[O-])ccc21. The van der Waals surface area contributed by atoms with Gasteiger partial charge in [-0.15, -0.1) is 0 Å². The molecule has 0 aliphatic heterocycles. The van der Waals surface area contributed by atoms with Crippen LogP contribution < -0.4 is 5.73 Å². The van der Waals surface area contributed by atoms with Crippen LogP contribution in [0.2, 0.25) is 0 Å². The van der Waals surface area contributed by atoms with Crippen molar-refractivity contribution in [2.24, 2.45) is 5.73 Å². The quantitative estimate of drug-likeness (QED) is 0.580. The summed E-state index contributed by atoms with van der Waals surface area (Å²) in [6.07, 6.45) is 1.34. The highest BCUT2D eigenvalue weighted by molar-refractivity contribution is 5.83. The van der Waals surface area contributed by atoms with Crippen molar-refractivity contribution in [3.63, 3.8) is 0 Å². The fourth-order valence-corrected chi connectivity index (χ4v) is 2.01. The molecule has 0 saturated carbocycles. The van der Waals surface area contributed by atoms with Crippen molar-refractivity contribution >= 4 is 11.6 Å². The van der Waals surface area contributed by atoms with E-state index in [9.17, 15) is 14.9 Å². The van der Waals surface area contributed by atoms with Gasteiger partial charge in [-0.1, -0.05) is 6.07 Å². The summed E-state index contributed by atoms with van der Waals surface area (Å²) in [5.74, 6) is -0.636. The van der Waals surface area contributed by atoms with Crippen LogP contribution in [0.3, 0.4) is 0 Å². The second-order valence-electron chi connectivity index (χ2n) is 3.63. The van der Waals surface area contributed by atoms with E-state index in [0.717, 1.165) is 11.1 Å². The molecular formula is C10H10N2O3. The number of primary amides is 1. The number of hydrogen-bond donors (Lipinski definition) is 1. The van der Waals surface area contributed by atoms with Crippen LogP contribution in [-0.2, 0) is 11.2 Å². The Morgan fingerprint density at radius 1 is 1.53 bits per heavy atom. The zero-order valence-corrected chi connectivity index (χ0v) is 7.97. The van der Waals surface area contributed by atoms with Gasteiger partial charge in [0, 0.05) is 12.1 Å². The van der Waals surface area contributed by atoms with Gasteiger partial charge in [-0.05, 0) is 24.0 Å². The Hall–Kier alpha value is -1.91. The largest absolute Gasteiger partial charge is 0.369 e. The molecule has 0 spiro atoms. The fourth-order valence-electron chi connectivity index (χ4n) is 2.01. The van der Waals surface area contributed by atoms with Gasteiger partial charge in [0.25, 0.3) is 5.69 Å². The van der Waals surface area contributed by atoms with Crippen molar-refractivity contribution in [1.82, 2.24) is 0 Å². The predicted octanol–water partition coefficient (Wildman–Crippen LogP) is 1.11. The molecule has 0 bridgehead atoms. The van der Waals surface area contributed by atoms with Crippen molar-refractivity contribution in [1.29, 1.82) is 0 Å². The number of nitrogens with zero attached hydrogens (tertiary/aromatic N) is 1. The normalized spacial score (nSPS) is 18.5. The maximum Gasteiger partial charge on any atom is 0.269 e. The van der Waals surface area contributed by atoms with E-state index in [1.165, 1.54) is 12.1 Å². The number of aryl methyl sites for hydroxylation is 1. The number of carbonyl (C=O) groups is 1. The highest BCUT2D eigenvalue weighted by atomic mass is 16.6. The lowest BCUT2D eigenvalue weighted by Crippen LogP contribution is -2.19. The van der Waals surface area contributed by atoms with Crippen molar-refractivity contribution < 1.29 is 9.72 Å². The van der Waals surface area contributed by atoms with Crippen LogP contribution in [0, 0.1) is 10.1 Å². The Labute approximate surface area is 86.0 Å². The second kappa shape index (κ2) is 3.34. The number of hydrogen-bond acceptors (Lipinski definition) is 3. The number of amides is 1. The average molecular weight is 206 g/mol. The zero-order valence-electron chi connectivity index (χ0n) is 7.97. The molecular weight excluding hydrogens is 196 g/mol. The van der Waals surface area contributed by atoms with E-state index in [2.05, 4.69) is 0 Å². The molecule has 2 rings (SSSR count). The lowest BCUT2D eigenvalue weighted by molar-refractivity contribution is -0.384. The molecule has 1 atom stereocenters. The smallest absolute Gasteiger partial charge is 0.269 e. The highest BCUT2D eigenvalue weighted by Gasteiger charge is 2.28. The lowest BCUT2D eigenvalue weighted by atomic mass is 10.0. The molecule has 5 nitrogen and oxygen atoms in total. The Morgan fingerprint density at radius 2 is 2.27 bits per heavy atom. The molecule has 1 amide bonds. The molecule has 1 aromatic rings. The molecule has 5 heteroatoms. The summed E-state index contributed by atoms with van der Waals surface area (Å²) in [4.78, 5) is 21.2. The van der Waals surface area contributed by atoms with Crippen molar-refractivity contribution in [2.75, 3.05) is 0 Å². The topological polar surface area (TPSA) is 86.2 Å². The lowest BCUT2D eigenvalue weighted by Gasteiger charge is -2.05. The maximum absolute atomic E-state index is 11.1. The summed E-state index contributed by atoms with van der Waals surface area (Å²) in [5.41, 5.74) is 7.02. The Morgan fingerprint density at radius 3 is 2.87 bits per heavy atom. The monoisotopic (exact) mass is 206 g/mol. The van der Waals surface area contributed by atoms with Crippen molar-refractivity contribution in [3.05, 3.63) is 39.4 Å². The summed E-state index contributed by atoms with van der Waals surface area (Å²) in [5, 5.41) is 10.5. The summed E-state index contributed by atoms with van der Waals surface area (Å²) in [6.45, 7) is 0. The first-order chi connectivity index (χ1) is 7.09. The molecule has 0 saturated heterocycles. The molecule has 0 heterocycles. The number of benzene rings is 1. The molecule has 0 aromatic heterocycles. The van der Waals surface area contributed by atoms with Crippen LogP contribution in [0.1, 0.15) is 23.5 Å². The predicted molar refractivity (Wildman–Crippen MR) is 53.4 cm³/mol. The summed E-state index contributed by atoms with van der Waals surface area (Å²) in [6, 6.07) is 4.58. The van der Waals surface area contributed by atoms with Gasteiger partial charge in [-0.25, -0.2) is 0 Å².